The van der Waals surface area contributed by atoms with Crippen molar-refractivity contribution in [1.29, 1.82) is 0 Å². The molecular weight excluding hydrogens is 400 g/mol. The third-order valence-corrected chi connectivity index (χ3v) is 5.25. The minimum atomic E-state index is -0.948. The van der Waals surface area contributed by atoms with Gasteiger partial charge in [-0.05, 0) is 11.1 Å². The fraction of sp³-hybridized carbons (Fsp3) is 0.409. The van der Waals surface area contributed by atoms with Crippen LogP contribution >= 0.6 is 0 Å². The summed E-state index contributed by atoms with van der Waals surface area (Å²) in [5, 5.41) is 6.56. The number of hydrogen-bond donors (Lipinski definition) is 1. The van der Waals surface area contributed by atoms with Crippen molar-refractivity contribution in [3.05, 3.63) is 82.2 Å². The Balaban J connectivity index is 1.61. The summed E-state index contributed by atoms with van der Waals surface area (Å²) in [7, 11) is 0. The van der Waals surface area contributed by atoms with E-state index >= 15 is 0 Å². The molecule has 2 aromatic carbocycles. The molecule has 2 heterocycles. The zero-order valence-electron chi connectivity index (χ0n) is 17.0. The predicted molar refractivity (Wildman–Crippen MR) is 110 cm³/mol. The van der Waals surface area contributed by atoms with E-state index in [-0.39, 0.29) is 12.5 Å². The number of carbonyl (C=O) groups excluding carboxylic acids is 1. The number of hydrogen-bond acceptors (Lipinski definition) is 6. The molecule has 9 nitrogen and oxygen atoms in total. The Hall–Kier alpha value is -2.94. The van der Waals surface area contributed by atoms with Gasteiger partial charge in [-0.1, -0.05) is 65.8 Å². The largest absolute Gasteiger partial charge is 0.368 e. The van der Waals surface area contributed by atoms with Crippen LogP contribution in [0.25, 0.3) is 10.4 Å². The second-order valence-electron chi connectivity index (χ2n) is 7.43. The van der Waals surface area contributed by atoms with Crippen LogP contribution in [0.3, 0.4) is 0 Å². The minimum absolute atomic E-state index is 0.236. The first-order valence-electron chi connectivity index (χ1n) is 10.1. The van der Waals surface area contributed by atoms with Gasteiger partial charge in [-0.15, -0.1) is 0 Å². The van der Waals surface area contributed by atoms with Crippen molar-refractivity contribution in [1.82, 2.24) is 5.32 Å². The standard InChI is InChI=1S/C22H24N4O5/c1-14(27)24-18-20(28-12-15-8-4-2-5-9-15)19-17(30-21(18)25-26-23)13-29-22(31-19)16-10-6-3-7-11-16/h2-11,17-22H,12-13H2,1H3,(H,24,27)/t17-,18-,19-,20-,21-,22?/m1/s1. The van der Waals surface area contributed by atoms with E-state index in [1.54, 1.807) is 0 Å². The van der Waals surface area contributed by atoms with Crippen LogP contribution < -0.4 is 5.32 Å². The van der Waals surface area contributed by atoms with Crippen LogP contribution in [0.5, 0.6) is 0 Å². The van der Waals surface area contributed by atoms with Gasteiger partial charge in [0.15, 0.2) is 12.5 Å². The summed E-state index contributed by atoms with van der Waals surface area (Å²) in [4.78, 5) is 14.8. The molecule has 0 radical (unpaired) electrons. The number of nitrogens with one attached hydrogen (secondary N) is 1. The summed E-state index contributed by atoms with van der Waals surface area (Å²) >= 11 is 0. The van der Waals surface area contributed by atoms with Crippen molar-refractivity contribution in [2.45, 2.75) is 50.4 Å². The fourth-order valence-electron chi connectivity index (χ4n) is 3.87. The molecule has 162 valence electrons. The Bertz CT molecular complexity index is 922. The zero-order valence-corrected chi connectivity index (χ0v) is 17.0. The van der Waals surface area contributed by atoms with Gasteiger partial charge in [0, 0.05) is 17.4 Å². The summed E-state index contributed by atoms with van der Waals surface area (Å²) in [6.07, 6.45) is -3.21. The molecule has 0 bridgehead atoms. The van der Waals surface area contributed by atoms with Crippen LogP contribution in [0.2, 0.25) is 0 Å². The molecule has 2 aromatic rings. The van der Waals surface area contributed by atoms with E-state index in [0.29, 0.717) is 6.61 Å². The predicted octanol–water partition coefficient (Wildman–Crippen LogP) is 3.23. The molecule has 2 aliphatic rings. The van der Waals surface area contributed by atoms with Crippen LogP contribution in [0.1, 0.15) is 24.3 Å². The van der Waals surface area contributed by atoms with Gasteiger partial charge in [-0.25, -0.2) is 0 Å². The average molecular weight is 424 g/mol. The average Bonchev–Trinajstić information content (AvgIpc) is 2.79. The molecule has 0 aromatic heterocycles. The van der Waals surface area contributed by atoms with Crippen LogP contribution in [-0.4, -0.2) is 43.1 Å². The van der Waals surface area contributed by atoms with Crippen molar-refractivity contribution >= 4 is 5.91 Å². The Morgan fingerprint density at radius 3 is 2.55 bits per heavy atom. The van der Waals surface area contributed by atoms with Gasteiger partial charge < -0.3 is 24.3 Å². The highest BCUT2D eigenvalue weighted by molar-refractivity contribution is 5.73. The summed E-state index contributed by atoms with van der Waals surface area (Å²) in [5.74, 6) is -0.287. The highest BCUT2D eigenvalue weighted by Crippen LogP contribution is 2.36. The van der Waals surface area contributed by atoms with E-state index in [1.807, 2.05) is 60.7 Å². The second kappa shape index (κ2) is 9.91. The summed E-state index contributed by atoms with van der Waals surface area (Å²) in [5.41, 5.74) is 10.9. The Labute approximate surface area is 179 Å². The Morgan fingerprint density at radius 1 is 1.16 bits per heavy atom. The molecule has 6 atom stereocenters. The molecule has 9 heteroatoms. The van der Waals surface area contributed by atoms with Gasteiger partial charge >= 0.3 is 0 Å². The van der Waals surface area contributed by atoms with Gasteiger partial charge in [0.05, 0.1) is 19.3 Å². The minimum Gasteiger partial charge on any atom is -0.368 e. The van der Waals surface area contributed by atoms with Crippen molar-refractivity contribution < 1.29 is 23.7 Å². The molecule has 1 unspecified atom stereocenters. The van der Waals surface area contributed by atoms with E-state index in [4.69, 9.17) is 24.5 Å². The topological polar surface area (TPSA) is 115 Å². The van der Waals surface area contributed by atoms with E-state index in [9.17, 15) is 4.79 Å². The number of nitrogens with zero attached hydrogens (tertiary/aromatic N) is 3. The number of amides is 1. The summed E-state index contributed by atoms with van der Waals surface area (Å²) < 4.78 is 24.3. The number of carbonyl (C=O) groups is 1. The highest BCUT2D eigenvalue weighted by Gasteiger charge is 2.50. The van der Waals surface area contributed by atoms with Gasteiger partial charge in [0.2, 0.25) is 5.91 Å². The number of rotatable bonds is 6. The molecule has 0 aliphatic carbocycles. The quantitative estimate of drug-likeness (QED) is 0.434. The molecule has 1 amide bonds. The number of azide groups is 1. The molecular formula is C22H24N4O5. The first-order valence-corrected chi connectivity index (χ1v) is 10.1. The lowest BCUT2D eigenvalue weighted by Gasteiger charge is -2.48. The fourth-order valence-corrected chi connectivity index (χ4v) is 3.87. The first-order chi connectivity index (χ1) is 15.2. The van der Waals surface area contributed by atoms with E-state index < -0.39 is 36.9 Å². The van der Waals surface area contributed by atoms with E-state index in [1.165, 1.54) is 6.92 Å². The van der Waals surface area contributed by atoms with E-state index in [2.05, 4.69) is 15.3 Å². The van der Waals surface area contributed by atoms with Gasteiger partial charge in [0.25, 0.3) is 0 Å². The summed E-state index contributed by atoms with van der Waals surface area (Å²) in [6.45, 7) is 1.93. The second-order valence-corrected chi connectivity index (χ2v) is 7.43. The molecule has 2 fully saturated rings. The van der Waals surface area contributed by atoms with Gasteiger partial charge in [-0.3, -0.25) is 4.79 Å². The monoisotopic (exact) mass is 424 g/mol. The van der Waals surface area contributed by atoms with Crippen LogP contribution in [0.15, 0.2) is 65.8 Å². The lowest BCUT2D eigenvalue weighted by atomic mass is 9.94. The molecule has 31 heavy (non-hydrogen) atoms. The zero-order chi connectivity index (χ0) is 21.6. The maximum Gasteiger partial charge on any atom is 0.217 e. The number of benzene rings is 2. The SMILES string of the molecule is CC(=O)N[C@@H]1[C@@H](OCc2ccccc2)[C@@H]2OC(c3ccccc3)OC[C@H]2O[C@H]1N=[N+]=[N-]. The maximum absolute atomic E-state index is 11.9. The van der Waals surface area contributed by atoms with E-state index in [0.717, 1.165) is 11.1 Å². The van der Waals surface area contributed by atoms with Crippen LogP contribution in [-0.2, 0) is 30.3 Å². The van der Waals surface area contributed by atoms with Crippen LogP contribution in [0, 0.1) is 0 Å². The maximum atomic E-state index is 11.9. The van der Waals surface area contributed by atoms with Gasteiger partial charge in [0.1, 0.15) is 18.3 Å². The highest BCUT2D eigenvalue weighted by atomic mass is 16.7. The first kappa shape index (κ1) is 21.3. The van der Waals surface area contributed by atoms with Crippen molar-refractivity contribution in [3.8, 4) is 0 Å². The summed E-state index contributed by atoms with van der Waals surface area (Å²) in [6, 6.07) is 18.5. The van der Waals surface area contributed by atoms with Crippen molar-refractivity contribution in [2.75, 3.05) is 6.61 Å². The number of ether oxygens (including phenoxy) is 4. The van der Waals surface area contributed by atoms with Crippen LogP contribution in [0.4, 0.5) is 0 Å². The third-order valence-electron chi connectivity index (χ3n) is 5.25. The third kappa shape index (κ3) is 5.04. The lowest BCUT2D eigenvalue weighted by Crippen LogP contribution is -2.66. The normalized spacial score (nSPS) is 30.0. The lowest BCUT2D eigenvalue weighted by molar-refractivity contribution is -0.320. The molecule has 0 saturated carbocycles. The molecule has 1 N–H and O–H groups in total. The molecule has 0 spiro atoms. The Kier molecular flexibility index (Phi) is 6.81. The molecule has 2 aliphatic heterocycles. The number of fused-ring (bicyclic) bond motifs is 1. The van der Waals surface area contributed by atoms with Crippen molar-refractivity contribution in [2.24, 2.45) is 5.11 Å². The molecule has 2 saturated heterocycles. The van der Waals surface area contributed by atoms with Gasteiger partial charge in [-0.2, -0.15) is 0 Å². The Morgan fingerprint density at radius 2 is 1.87 bits per heavy atom. The smallest absolute Gasteiger partial charge is 0.217 e. The molecule has 4 rings (SSSR count). The van der Waals surface area contributed by atoms with Crippen molar-refractivity contribution in [3.63, 3.8) is 0 Å².